The fourth-order valence-corrected chi connectivity index (χ4v) is 3.51. The van der Waals surface area contributed by atoms with E-state index in [0.29, 0.717) is 19.1 Å². The molecule has 2 aromatic rings. The quantitative estimate of drug-likeness (QED) is 0.777. The van der Waals surface area contributed by atoms with E-state index < -0.39 is 6.10 Å². The van der Waals surface area contributed by atoms with Crippen LogP contribution in [0.4, 0.5) is 0 Å². The monoisotopic (exact) mass is 369 g/mol. The zero-order valence-corrected chi connectivity index (χ0v) is 16.6. The molecular formula is C23H31NO3. The second-order valence-electron chi connectivity index (χ2n) is 7.65. The smallest absolute Gasteiger partial charge is 0.123 e. The summed E-state index contributed by atoms with van der Waals surface area (Å²) in [4.78, 5) is 2.39. The average Bonchev–Trinajstić information content (AvgIpc) is 2.84. The Kier molecular flexibility index (Phi) is 6.75. The van der Waals surface area contributed by atoms with Gasteiger partial charge in [0.25, 0.3) is 0 Å². The van der Waals surface area contributed by atoms with E-state index in [1.807, 2.05) is 31.2 Å². The van der Waals surface area contributed by atoms with Gasteiger partial charge < -0.3 is 14.6 Å². The Bertz CT molecular complexity index is 727. The van der Waals surface area contributed by atoms with Crippen LogP contribution in [0.1, 0.15) is 50.0 Å². The average molecular weight is 370 g/mol. The maximum atomic E-state index is 10.5. The van der Waals surface area contributed by atoms with Crippen LogP contribution in [-0.4, -0.2) is 29.8 Å². The molecule has 1 N–H and O–H groups in total. The van der Waals surface area contributed by atoms with E-state index in [0.717, 1.165) is 48.7 Å². The van der Waals surface area contributed by atoms with Gasteiger partial charge in [0.1, 0.15) is 18.1 Å². The topological polar surface area (TPSA) is 41.9 Å². The van der Waals surface area contributed by atoms with Crippen molar-refractivity contribution in [2.75, 3.05) is 19.8 Å². The van der Waals surface area contributed by atoms with Gasteiger partial charge in [-0.05, 0) is 54.7 Å². The molecule has 1 heterocycles. The van der Waals surface area contributed by atoms with Crippen molar-refractivity contribution in [1.29, 1.82) is 0 Å². The number of rotatable bonds is 7. The number of aliphatic hydroxyl groups is 1. The van der Waals surface area contributed by atoms with Gasteiger partial charge in [-0.2, -0.15) is 0 Å². The molecule has 0 aliphatic carbocycles. The van der Waals surface area contributed by atoms with E-state index in [1.165, 1.54) is 5.56 Å². The van der Waals surface area contributed by atoms with E-state index in [-0.39, 0.29) is 0 Å². The first kappa shape index (κ1) is 19.7. The Morgan fingerprint density at radius 1 is 1.15 bits per heavy atom. The minimum atomic E-state index is -0.418. The van der Waals surface area contributed by atoms with E-state index in [2.05, 4.69) is 36.9 Å². The summed E-state index contributed by atoms with van der Waals surface area (Å²) in [6.07, 6.45) is 0.355. The van der Waals surface area contributed by atoms with Gasteiger partial charge in [0.2, 0.25) is 0 Å². The number of benzene rings is 2. The predicted molar refractivity (Wildman–Crippen MR) is 108 cm³/mol. The molecule has 0 radical (unpaired) electrons. The van der Waals surface area contributed by atoms with Crippen LogP contribution in [0.25, 0.3) is 0 Å². The standard InChI is InChI=1S/C23H31NO3/c1-4-26-21-8-5-18(6-9-21)15-24-11-12-27-23-10-7-19(14-20(23)16-24)22(25)13-17(2)3/h5-10,14,17,22,25H,4,11-13,15-16H2,1-3H3/t22-/m1/s1. The second-order valence-corrected chi connectivity index (χ2v) is 7.65. The minimum absolute atomic E-state index is 0.418. The second kappa shape index (κ2) is 9.25. The zero-order chi connectivity index (χ0) is 19.2. The van der Waals surface area contributed by atoms with Crippen molar-refractivity contribution < 1.29 is 14.6 Å². The summed E-state index contributed by atoms with van der Waals surface area (Å²) in [5.41, 5.74) is 3.39. The van der Waals surface area contributed by atoms with Crippen LogP contribution in [0.3, 0.4) is 0 Å². The number of aliphatic hydroxyl groups excluding tert-OH is 1. The normalized spacial score (nSPS) is 15.7. The number of hydrogen-bond donors (Lipinski definition) is 1. The molecule has 146 valence electrons. The van der Waals surface area contributed by atoms with Gasteiger partial charge in [0.05, 0.1) is 12.7 Å². The molecule has 0 spiro atoms. The summed E-state index contributed by atoms with van der Waals surface area (Å²) in [5.74, 6) is 2.31. The number of ether oxygens (including phenoxy) is 2. The first-order valence-electron chi connectivity index (χ1n) is 9.93. The lowest BCUT2D eigenvalue weighted by Gasteiger charge is -2.20. The van der Waals surface area contributed by atoms with Crippen molar-refractivity contribution in [3.8, 4) is 11.5 Å². The molecule has 0 aromatic heterocycles. The maximum absolute atomic E-state index is 10.5. The van der Waals surface area contributed by atoms with Crippen LogP contribution in [-0.2, 0) is 13.1 Å². The molecule has 3 rings (SSSR count). The van der Waals surface area contributed by atoms with Crippen LogP contribution in [0.5, 0.6) is 11.5 Å². The van der Waals surface area contributed by atoms with E-state index in [9.17, 15) is 5.11 Å². The van der Waals surface area contributed by atoms with Crippen LogP contribution in [0.15, 0.2) is 42.5 Å². The van der Waals surface area contributed by atoms with E-state index in [4.69, 9.17) is 9.47 Å². The Labute approximate surface area is 162 Å². The highest BCUT2D eigenvalue weighted by Gasteiger charge is 2.18. The van der Waals surface area contributed by atoms with Gasteiger partial charge in [-0.15, -0.1) is 0 Å². The molecule has 0 saturated carbocycles. The lowest BCUT2D eigenvalue weighted by Crippen LogP contribution is -2.25. The Morgan fingerprint density at radius 3 is 2.63 bits per heavy atom. The van der Waals surface area contributed by atoms with E-state index in [1.54, 1.807) is 0 Å². The third kappa shape index (κ3) is 5.47. The molecule has 1 atom stereocenters. The third-order valence-electron chi connectivity index (χ3n) is 4.86. The van der Waals surface area contributed by atoms with Gasteiger partial charge in [0.15, 0.2) is 0 Å². The summed E-state index contributed by atoms with van der Waals surface area (Å²) in [7, 11) is 0. The first-order chi connectivity index (χ1) is 13.0. The summed E-state index contributed by atoms with van der Waals surface area (Å²) < 4.78 is 11.5. The molecule has 1 aliphatic heterocycles. The fraction of sp³-hybridized carbons (Fsp3) is 0.478. The SMILES string of the molecule is CCOc1ccc(CN2CCOc3ccc([C@H](O)CC(C)C)cc3C2)cc1. The van der Waals surface area contributed by atoms with Gasteiger partial charge in [0, 0.05) is 25.2 Å². The lowest BCUT2D eigenvalue weighted by molar-refractivity contribution is 0.151. The van der Waals surface area contributed by atoms with Crippen molar-refractivity contribution in [1.82, 2.24) is 4.90 Å². The molecular weight excluding hydrogens is 338 g/mol. The van der Waals surface area contributed by atoms with Crippen molar-refractivity contribution >= 4 is 0 Å². The molecule has 4 heteroatoms. The highest BCUT2D eigenvalue weighted by atomic mass is 16.5. The molecule has 0 fully saturated rings. The molecule has 0 amide bonds. The molecule has 0 saturated heterocycles. The molecule has 2 aromatic carbocycles. The Morgan fingerprint density at radius 2 is 1.93 bits per heavy atom. The van der Waals surface area contributed by atoms with Crippen LogP contribution in [0, 0.1) is 5.92 Å². The summed E-state index contributed by atoms with van der Waals surface area (Å²) in [6.45, 7) is 10.2. The lowest BCUT2D eigenvalue weighted by atomic mass is 9.97. The fourth-order valence-electron chi connectivity index (χ4n) is 3.51. The maximum Gasteiger partial charge on any atom is 0.123 e. The van der Waals surface area contributed by atoms with E-state index >= 15 is 0 Å². The Hall–Kier alpha value is -2.04. The third-order valence-corrected chi connectivity index (χ3v) is 4.86. The summed E-state index contributed by atoms with van der Waals surface area (Å²) >= 11 is 0. The van der Waals surface area contributed by atoms with Crippen LogP contribution < -0.4 is 9.47 Å². The highest BCUT2D eigenvalue weighted by molar-refractivity contribution is 5.39. The number of fused-ring (bicyclic) bond motifs is 1. The van der Waals surface area contributed by atoms with Crippen molar-refractivity contribution in [3.05, 3.63) is 59.2 Å². The van der Waals surface area contributed by atoms with Gasteiger partial charge in [-0.25, -0.2) is 0 Å². The van der Waals surface area contributed by atoms with Gasteiger partial charge in [-0.1, -0.05) is 32.0 Å². The highest BCUT2D eigenvalue weighted by Crippen LogP contribution is 2.29. The predicted octanol–water partition coefficient (Wildman–Crippen LogP) is 4.56. The first-order valence-corrected chi connectivity index (χ1v) is 9.93. The van der Waals surface area contributed by atoms with Gasteiger partial charge in [-0.3, -0.25) is 4.90 Å². The molecule has 0 unspecified atom stereocenters. The minimum Gasteiger partial charge on any atom is -0.494 e. The Balaban J connectivity index is 1.70. The van der Waals surface area contributed by atoms with Gasteiger partial charge >= 0.3 is 0 Å². The molecule has 4 nitrogen and oxygen atoms in total. The van der Waals surface area contributed by atoms with Crippen LogP contribution >= 0.6 is 0 Å². The van der Waals surface area contributed by atoms with Crippen LogP contribution in [0.2, 0.25) is 0 Å². The number of nitrogens with zero attached hydrogens (tertiary/aromatic N) is 1. The number of hydrogen-bond acceptors (Lipinski definition) is 4. The largest absolute Gasteiger partial charge is 0.494 e. The van der Waals surface area contributed by atoms with Crippen molar-refractivity contribution in [2.24, 2.45) is 5.92 Å². The van der Waals surface area contributed by atoms with Crippen molar-refractivity contribution in [2.45, 2.75) is 46.4 Å². The molecule has 0 bridgehead atoms. The van der Waals surface area contributed by atoms with Crippen molar-refractivity contribution in [3.63, 3.8) is 0 Å². The summed E-state index contributed by atoms with van der Waals surface area (Å²) in [6, 6.07) is 14.4. The molecule has 1 aliphatic rings. The zero-order valence-electron chi connectivity index (χ0n) is 16.6. The summed E-state index contributed by atoms with van der Waals surface area (Å²) in [5, 5.41) is 10.5. The molecule has 27 heavy (non-hydrogen) atoms.